The van der Waals surface area contributed by atoms with E-state index < -0.39 is 17.8 Å². The number of carbonyl (C=O) groups excluding carboxylic acids is 1. The first-order valence-corrected chi connectivity index (χ1v) is 8.75. The Morgan fingerprint density at radius 1 is 1.35 bits per heavy atom. The molecule has 1 unspecified atom stereocenters. The maximum Gasteiger partial charge on any atom is 0.435 e. The molecule has 1 aromatic carbocycles. The van der Waals surface area contributed by atoms with Gasteiger partial charge in [-0.25, -0.2) is 4.98 Å². The third-order valence-electron chi connectivity index (χ3n) is 4.02. The summed E-state index contributed by atoms with van der Waals surface area (Å²) in [6.07, 6.45) is -4.50. The summed E-state index contributed by atoms with van der Waals surface area (Å²) in [6.45, 7) is 5.16. The SMILES string of the molecule is Cc1cccc2sc(NC(=O)C(C)Cn3nc(C(F)(F)F)cc3C)nc12. The Hall–Kier alpha value is -2.42. The van der Waals surface area contributed by atoms with Crippen LogP contribution in [0.4, 0.5) is 18.3 Å². The number of rotatable bonds is 4. The fourth-order valence-corrected chi connectivity index (χ4v) is 3.49. The highest BCUT2D eigenvalue weighted by Gasteiger charge is 2.34. The van der Waals surface area contributed by atoms with E-state index in [2.05, 4.69) is 15.4 Å². The molecule has 0 aliphatic carbocycles. The molecule has 0 radical (unpaired) electrons. The van der Waals surface area contributed by atoms with Crippen LogP contribution >= 0.6 is 11.3 Å². The van der Waals surface area contributed by atoms with Crippen LogP contribution in [-0.2, 0) is 17.5 Å². The first-order valence-electron chi connectivity index (χ1n) is 7.94. The molecule has 1 N–H and O–H groups in total. The Kier molecular flexibility index (Phi) is 4.74. The van der Waals surface area contributed by atoms with Crippen molar-refractivity contribution in [1.82, 2.24) is 14.8 Å². The van der Waals surface area contributed by atoms with Crippen molar-refractivity contribution in [3.8, 4) is 0 Å². The summed E-state index contributed by atoms with van der Waals surface area (Å²) >= 11 is 1.36. The van der Waals surface area contributed by atoms with E-state index in [1.807, 2.05) is 25.1 Å². The molecule has 3 aromatic rings. The molecule has 0 aliphatic rings. The second kappa shape index (κ2) is 6.71. The molecule has 0 saturated heterocycles. The van der Waals surface area contributed by atoms with E-state index in [4.69, 9.17) is 0 Å². The number of amides is 1. The average Bonchev–Trinajstić information content (AvgIpc) is 3.11. The van der Waals surface area contributed by atoms with Gasteiger partial charge in [0.25, 0.3) is 0 Å². The normalized spacial score (nSPS) is 13.2. The molecule has 9 heteroatoms. The number of hydrogen-bond donors (Lipinski definition) is 1. The second-order valence-corrected chi connectivity index (χ2v) is 7.21. The van der Waals surface area contributed by atoms with Gasteiger partial charge in [-0.3, -0.25) is 9.48 Å². The van der Waals surface area contributed by atoms with Crippen LogP contribution in [0.25, 0.3) is 10.2 Å². The van der Waals surface area contributed by atoms with Gasteiger partial charge >= 0.3 is 6.18 Å². The molecule has 1 atom stereocenters. The molecule has 2 heterocycles. The Bertz CT molecular complexity index is 961. The number of benzene rings is 1. The quantitative estimate of drug-likeness (QED) is 0.727. The highest BCUT2D eigenvalue weighted by atomic mass is 32.1. The number of aromatic nitrogens is 3. The van der Waals surface area contributed by atoms with Crippen LogP contribution in [0.3, 0.4) is 0 Å². The summed E-state index contributed by atoms with van der Waals surface area (Å²) in [5.41, 5.74) is 1.24. The molecule has 0 saturated carbocycles. The van der Waals surface area contributed by atoms with Gasteiger partial charge in [-0.15, -0.1) is 0 Å². The van der Waals surface area contributed by atoms with Crippen molar-refractivity contribution in [3.05, 3.63) is 41.2 Å². The standard InChI is InChI=1S/C17H17F3N4OS/c1-9-5-4-6-12-14(9)21-16(26-12)22-15(25)10(2)8-24-11(3)7-13(23-24)17(18,19)20/h4-7,10H,8H2,1-3H3,(H,21,22,25). The van der Waals surface area contributed by atoms with Crippen LogP contribution in [0.15, 0.2) is 24.3 Å². The van der Waals surface area contributed by atoms with Crippen molar-refractivity contribution in [2.45, 2.75) is 33.5 Å². The largest absolute Gasteiger partial charge is 0.435 e. The fourth-order valence-electron chi connectivity index (χ4n) is 2.54. The number of hydrogen-bond acceptors (Lipinski definition) is 4. The summed E-state index contributed by atoms with van der Waals surface area (Å²) in [7, 11) is 0. The molecule has 0 aliphatic heterocycles. The lowest BCUT2D eigenvalue weighted by Gasteiger charge is -2.12. The molecular formula is C17H17F3N4OS. The van der Waals surface area contributed by atoms with E-state index in [0.29, 0.717) is 10.8 Å². The first kappa shape index (κ1) is 18.4. The topological polar surface area (TPSA) is 59.8 Å². The van der Waals surface area contributed by atoms with Crippen LogP contribution in [0, 0.1) is 19.8 Å². The molecule has 1 amide bonds. The Balaban J connectivity index is 1.71. The van der Waals surface area contributed by atoms with E-state index in [9.17, 15) is 18.0 Å². The number of aryl methyl sites for hydroxylation is 2. The van der Waals surface area contributed by atoms with Gasteiger partial charge in [0.1, 0.15) is 0 Å². The second-order valence-electron chi connectivity index (χ2n) is 6.18. The third-order valence-corrected chi connectivity index (χ3v) is 4.95. The average molecular weight is 382 g/mol. The zero-order valence-electron chi connectivity index (χ0n) is 14.4. The van der Waals surface area contributed by atoms with Crippen LogP contribution < -0.4 is 5.32 Å². The van der Waals surface area contributed by atoms with Gasteiger partial charge < -0.3 is 5.32 Å². The summed E-state index contributed by atoms with van der Waals surface area (Å²) in [5, 5.41) is 6.77. The number of fused-ring (bicyclic) bond motifs is 1. The Morgan fingerprint density at radius 2 is 2.08 bits per heavy atom. The number of nitrogens with one attached hydrogen (secondary N) is 1. The van der Waals surface area contributed by atoms with E-state index in [1.54, 1.807) is 6.92 Å². The summed E-state index contributed by atoms with van der Waals surface area (Å²) in [6, 6.07) is 6.75. The summed E-state index contributed by atoms with van der Waals surface area (Å²) < 4.78 is 40.4. The monoisotopic (exact) mass is 382 g/mol. The van der Waals surface area contributed by atoms with Gasteiger partial charge in [0.05, 0.1) is 22.7 Å². The highest BCUT2D eigenvalue weighted by Crippen LogP contribution is 2.29. The fraction of sp³-hybridized carbons (Fsp3) is 0.353. The number of para-hydroxylation sites is 1. The Morgan fingerprint density at radius 3 is 2.69 bits per heavy atom. The number of nitrogens with zero attached hydrogens (tertiary/aromatic N) is 3. The molecule has 2 aromatic heterocycles. The maximum atomic E-state index is 12.7. The number of halogens is 3. The van der Waals surface area contributed by atoms with Gasteiger partial charge in [0.15, 0.2) is 10.8 Å². The smallest absolute Gasteiger partial charge is 0.302 e. The number of anilines is 1. The lowest BCUT2D eigenvalue weighted by molar-refractivity contribution is -0.141. The van der Waals surface area contributed by atoms with E-state index in [0.717, 1.165) is 21.8 Å². The number of carbonyl (C=O) groups is 1. The predicted octanol–water partition coefficient (Wildman–Crippen LogP) is 4.40. The van der Waals surface area contributed by atoms with Crippen LogP contribution in [-0.4, -0.2) is 20.7 Å². The molecular weight excluding hydrogens is 365 g/mol. The molecule has 0 spiro atoms. The molecule has 5 nitrogen and oxygen atoms in total. The maximum absolute atomic E-state index is 12.7. The molecule has 138 valence electrons. The van der Waals surface area contributed by atoms with Gasteiger partial charge in [0, 0.05) is 5.69 Å². The highest BCUT2D eigenvalue weighted by molar-refractivity contribution is 7.22. The van der Waals surface area contributed by atoms with Crippen LogP contribution in [0.5, 0.6) is 0 Å². The first-order chi connectivity index (χ1) is 12.1. The minimum atomic E-state index is -4.50. The van der Waals surface area contributed by atoms with Gasteiger partial charge in [-0.2, -0.15) is 18.3 Å². The van der Waals surface area contributed by atoms with Crippen LogP contribution in [0.2, 0.25) is 0 Å². The van der Waals surface area contributed by atoms with E-state index in [1.165, 1.54) is 22.9 Å². The van der Waals surface area contributed by atoms with Crippen molar-refractivity contribution in [2.75, 3.05) is 5.32 Å². The number of alkyl halides is 3. The predicted molar refractivity (Wildman–Crippen MR) is 94.1 cm³/mol. The van der Waals surface area contributed by atoms with E-state index >= 15 is 0 Å². The third kappa shape index (κ3) is 3.72. The Labute approximate surface area is 151 Å². The zero-order chi connectivity index (χ0) is 19.1. The van der Waals surface area contributed by atoms with Crippen LogP contribution in [0.1, 0.15) is 23.9 Å². The lowest BCUT2D eigenvalue weighted by Crippen LogP contribution is -2.25. The minimum Gasteiger partial charge on any atom is -0.302 e. The summed E-state index contributed by atoms with van der Waals surface area (Å²) in [4.78, 5) is 16.8. The van der Waals surface area contributed by atoms with Crippen molar-refractivity contribution in [2.24, 2.45) is 5.92 Å². The van der Waals surface area contributed by atoms with Crippen molar-refractivity contribution in [1.29, 1.82) is 0 Å². The molecule has 0 fully saturated rings. The van der Waals surface area contributed by atoms with E-state index in [-0.39, 0.29) is 12.5 Å². The zero-order valence-corrected chi connectivity index (χ0v) is 15.2. The minimum absolute atomic E-state index is 0.0532. The van der Waals surface area contributed by atoms with Gasteiger partial charge in [0.2, 0.25) is 5.91 Å². The molecule has 26 heavy (non-hydrogen) atoms. The molecule has 3 rings (SSSR count). The van der Waals surface area contributed by atoms with Crippen molar-refractivity contribution >= 4 is 32.6 Å². The lowest BCUT2D eigenvalue weighted by atomic mass is 10.1. The number of thiazole rings is 1. The van der Waals surface area contributed by atoms with Gasteiger partial charge in [-0.1, -0.05) is 30.4 Å². The van der Waals surface area contributed by atoms with Crippen molar-refractivity contribution < 1.29 is 18.0 Å². The van der Waals surface area contributed by atoms with Gasteiger partial charge in [-0.05, 0) is 31.5 Å². The van der Waals surface area contributed by atoms with Crippen molar-refractivity contribution in [3.63, 3.8) is 0 Å². The summed E-state index contributed by atoms with van der Waals surface area (Å²) in [5.74, 6) is -0.882. The molecule has 0 bridgehead atoms.